The number of hydrogen-bond donors (Lipinski definition) is 0. The van der Waals surface area contributed by atoms with Crippen molar-refractivity contribution in [3.05, 3.63) is 72.9 Å². The molecule has 0 N–H and O–H groups in total. The van der Waals surface area contributed by atoms with Gasteiger partial charge in [0.25, 0.3) is 0 Å². The molecule has 20 heavy (non-hydrogen) atoms. The SMILES string of the molecule is C=C/C=C\C(=C/C)c1nc(C)nc(-c2ccccc2)n1. The maximum atomic E-state index is 4.55. The van der Waals surface area contributed by atoms with Gasteiger partial charge in [-0.3, -0.25) is 0 Å². The van der Waals surface area contributed by atoms with Crippen molar-refractivity contribution in [1.29, 1.82) is 0 Å². The van der Waals surface area contributed by atoms with E-state index >= 15 is 0 Å². The first-order valence-corrected chi connectivity index (χ1v) is 6.48. The van der Waals surface area contributed by atoms with Gasteiger partial charge in [0.05, 0.1) is 0 Å². The van der Waals surface area contributed by atoms with Gasteiger partial charge in [-0.1, -0.05) is 61.2 Å². The smallest absolute Gasteiger partial charge is 0.163 e. The summed E-state index contributed by atoms with van der Waals surface area (Å²) in [5.74, 6) is 2.08. The summed E-state index contributed by atoms with van der Waals surface area (Å²) in [6, 6.07) is 9.91. The summed E-state index contributed by atoms with van der Waals surface area (Å²) in [7, 11) is 0. The van der Waals surface area contributed by atoms with E-state index in [1.165, 1.54) is 0 Å². The first-order valence-electron chi connectivity index (χ1n) is 6.48. The van der Waals surface area contributed by atoms with Crippen molar-refractivity contribution in [3.8, 4) is 11.4 Å². The van der Waals surface area contributed by atoms with Gasteiger partial charge in [-0.15, -0.1) is 0 Å². The van der Waals surface area contributed by atoms with E-state index in [0.717, 1.165) is 11.1 Å². The molecule has 0 radical (unpaired) electrons. The van der Waals surface area contributed by atoms with Crippen LogP contribution in [0.5, 0.6) is 0 Å². The zero-order valence-corrected chi connectivity index (χ0v) is 11.7. The molecule has 0 aliphatic rings. The molecule has 0 unspecified atom stereocenters. The van der Waals surface area contributed by atoms with Crippen LogP contribution in [0.3, 0.4) is 0 Å². The molecule has 1 aromatic carbocycles. The van der Waals surface area contributed by atoms with Crippen LogP contribution in [0.2, 0.25) is 0 Å². The number of aromatic nitrogens is 3. The summed E-state index contributed by atoms with van der Waals surface area (Å²) in [6.07, 6.45) is 7.52. The molecule has 0 aliphatic heterocycles. The Morgan fingerprint density at radius 2 is 1.85 bits per heavy atom. The zero-order valence-electron chi connectivity index (χ0n) is 11.7. The molecular weight excluding hydrogens is 246 g/mol. The van der Waals surface area contributed by atoms with Gasteiger partial charge in [-0.25, -0.2) is 15.0 Å². The molecular formula is C17H17N3. The van der Waals surface area contributed by atoms with E-state index in [1.807, 2.05) is 62.4 Å². The molecule has 0 spiro atoms. The number of rotatable bonds is 4. The molecule has 2 rings (SSSR count). The minimum absolute atomic E-state index is 0.678. The summed E-state index contributed by atoms with van der Waals surface area (Å²) in [5.41, 5.74) is 1.94. The molecule has 0 fully saturated rings. The molecule has 100 valence electrons. The summed E-state index contributed by atoms with van der Waals surface area (Å²) in [6.45, 7) is 7.52. The highest BCUT2D eigenvalue weighted by molar-refractivity contribution is 5.70. The fourth-order valence-electron chi connectivity index (χ4n) is 1.80. The Morgan fingerprint density at radius 3 is 2.50 bits per heavy atom. The molecule has 1 aromatic heterocycles. The van der Waals surface area contributed by atoms with E-state index in [4.69, 9.17) is 0 Å². The number of benzene rings is 1. The fourth-order valence-corrected chi connectivity index (χ4v) is 1.80. The zero-order chi connectivity index (χ0) is 14.4. The van der Waals surface area contributed by atoms with Gasteiger partial charge < -0.3 is 0 Å². The monoisotopic (exact) mass is 263 g/mol. The van der Waals surface area contributed by atoms with Crippen LogP contribution < -0.4 is 0 Å². The van der Waals surface area contributed by atoms with Crippen LogP contribution in [0.4, 0.5) is 0 Å². The Hall–Kier alpha value is -2.55. The maximum absolute atomic E-state index is 4.55. The lowest BCUT2D eigenvalue weighted by Gasteiger charge is -2.05. The number of nitrogens with zero attached hydrogens (tertiary/aromatic N) is 3. The lowest BCUT2D eigenvalue weighted by molar-refractivity contribution is 0.962. The molecule has 0 aliphatic carbocycles. The summed E-state index contributed by atoms with van der Waals surface area (Å²) in [5, 5.41) is 0. The first kappa shape index (κ1) is 13.9. The van der Waals surface area contributed by atoms with Gasteiger partial charge in [-0.05, 0) is 13.8 Å². The van der Waals surface area contributed by atoms with E-state index in [0.29, 0.717) is 17.5 Å². The van der Waals surface area contributed by atoms with Crippen LogP contribution in [0.25, 0.3) is 17.0 Å². The molecule has 0 saturated heterocycles. The van der Waals surface area contributed by atoms with Crippen molar-refractivity contribution in [2.24, 2.45) is 0 Å². The van der Waals surface area contributed by atoms with Crippen molar-refractivity contribution >= 4 is 5.57 Å². The van der Waals surface area contributed by atoms with E-state index in [-0.39, 0.29) is 0 Å². The third kappa shape index (κ3) is 3.26. The average molecular weight is 263 g/mol. The minimum atomic E-state index is 0.678. The Morgan fingerprint density at radius 1 is 1.10 bits per heavy atom. The van der Waals surface area contributed by atoms with Crippen molar-refractivity contribution in [3.63, 3.8) is 0 Å². The molecule has 0 amide bonds. The Bertz CT molecular complexity index is 655. The second kappa shape index (κ2) is 6.57. The van der Waals surface area contributed by atoms with E-state index in [1.54, 1.807) is 6.08 Å². The Balaban J connectivity index is 2.49. The topological polar surface area (TPSA) is 38.7 Å². The number of allylic oxidation sites excluding steroid dienone is 5. The molecule has 3 heteroatoms. The van der Waals surface area contributed by atoms with Crippen LogP contribution >= 0.6 is 0 Å². The average Bonchev–Trinajstić information content (AvgIpc) is 2.48. The van der Waals surface area contributed by atoms with Crippen LogP contribution in [-0.4, -0.2) is 15.0 Å². The van der Waals surface area contributed by atoms with Gasteiger partial charge in [0, 0.05) is 11.1 Å². The quantitative estimate of drug-likeness (QED) is 0.783. The summed E-state index contributed by atoms with van der Waals surface area (Å²) in [4.78, 5) is 13.4. The Labute approximate surface area is 119 Å². The Kier molecular flexibility index (Phi) is 4.56. The summed E-state index contributed by atoms with van der Waals surface area (Å²) >= 11 is 0. The summed E-state index contributed by atoms with van der Waals surface area (Å²) < 4.78 is 0. The highest BCUT2D eigenvalue weighted by atomic mass is 15.0. The highest BCUT2D eigenvalue weighted by Gasteiger charge is 2.07. The van der Waals surface area contributed by atoms with Crippen LogP contribution in [0.1, 0.15) is 18.6 Å². The van der Waals surface area contributed by atoms with Gasteiger partial charge in [0.1, 0.15) is 5.82 Å². The van der Waals surface area contributed by atoms with Gasteiger partial charge in [0.2, 0.25) is 0 Å². The van der Waals surface area contributed by atoms with Crippen LogP contribution in [0, 0.1) is 6.92 Å². The van der Waals surface area contributed by atoms with Crippen molar-refractivity contribution in [2.75, 3.05) is 0 Å². The normalized spacial score (nSPS) is 11.8. The lowest BCUT2D eigenvalue weighted by Crippen LogP contribution is -2.01. The fraction of sp³-hybridized carbons (Fsp3) is 0.118. The lowest BCUT2D eigenvalue weighted by atomic mass is 10.2. The predicted octanol–water partition coefficient (Wildman–Crippen LogP) is 3.99. The van der Waals surface area contributed by atoms with Gasteiger partial charge in [0.15, 0.2) is 11.6 Å². The first-order chi connectivity index (χ1) is 9.74. The largest absolute Gasteiger partial charge is 0.213 e. The van der Waals surface area contributed by atoms with Gasteiger partial charge in [-0.2, -0.15) is 0 Å². The number of hydrogen-bond acceptors (Lipinski definition) is 3. The highest BCUT2D eigenvalue weighted by Crippen LogP contribution is 2.18. The molecule has 0 bridgehead atoms. The molecule has 2 aromatic rings. The molecule has 3 nitrogen and oxygen atoms in total. The maximum Gasteiger partial charge on any atom is 0.163 e. The standard InChI is InChI=1S/C17H17N3/c1-4-6-10-14(5-2)16-18-13(3)19-17(20-16)15-11-8-7-9-12-15/h4-12H,1H2,2-3H3/b10-6-,14-5+. The molecule has 1 heterocycles. The van der Waals surface area contributed by atoms with Crippen LogP contribution in [-0.2, 0) is 0 Å². The van der Waals surface area contributed by atoms with Crippen molar-refractivity contribution in [2.45, 2.75) is 13.8 Å². The molecule has 0 saturated carbocycles. The van der Waals surface area contributed by atoms with E-state index in [2.05, 4.69) is 21.5 Å². The van der Waals surface area contributed by atoms with Crippen molar-refractivity contribution in [1.82, 2.24) is 15.0 Å². The second-order valence-corrected chi connectivity index (χ2v) is 4.23. The van der Waals surface area contributed by atoms with E-state index < -0.39 is 0 Å². The predicted molar refractivity (Wildman–Crippen MR) is 83.0 cm³/mol. The minimum Gasteiger partial charge on any atom is -0.213 e. The second-order valence-electron chi connectivity index (χ2n) is 4.23. The van der Waals surface area contributed by atoms with Crippen LogP contribution in [0.15, 0.2) is 61.2 Å². The van der Waals surface area contributed by atoms with Crippen molar-refractivity contribution < 1.29 is 0 Å². The number of aryl methyl sites for hydroxylation is 1. The third-order valence-corrected chi connectivity index (χ3v) is 2.76. The van der Waals surface area contributed by atoms with E-state index in [9.17, 15) is 0 Å². The van der Waals surface area contributed by atoms with Gasteiger partial charge >= 0.3 is 0 Å². The third-order valence-electron chi connectivity index (χ3n) is 2.76. The molecule has 0 atom stereocenters.